The first-order chi connectivity index (χ1) is 13.5. The third-order valence-corrected chi connectivity index (χ3v) is 4.87. The number of hydrogen-bond donors (Lipinski definition) is 1. The summed E-state index contributed by atoms with van der Waals surface area (Å²) in [4.78, 5) is 22.1. The van der Waals surface area contributed by atoms with Crippen molar-refractivity contribution in [2.75, 3.05) is 12.4 Å². The maximum atomic E-state index is 13.9. The molecule has 1 fully saturated rings. The third kappa shape index (κ3) is 3.74. The molecular weight excluding hydrogens is 359 g/mol. The molecule has 7 heteroatoms. The molecule has 3 aromatic rings. The molecule has 0 aliphatic heterocycles. The Morgan fingerprint density at radius 2 is 2.00 bits per heavy atom. The van der Waals surface area contributed by atoms with E-state index >= 15 is 0 Å². The molecule has 0 bridgehead atoms. The molecular formula is C21H21FN4O2. The van der Waals surface area contributed by atoms with Crippen LogP contribution in [-0.2, 0) is 11.3 Å². The molecule has 0 saturated heterocycles. The number of benzene rings is 2. The highest BCUT2D eigenvalue weighted by Gasteiger charge is 2.30. The number of hydrogen-bond acceptors (Lipinski definition) is 5. The highest BCUT2D eigenvalue weighted by atomic mass is 19.1. The molecule has 28 heavy (non-hydrogen) atoms. The van der Waals surface area contributed by atoms with Gasteiger partial charge in [0.05, 0.1) is 12.6 Å². The Hall–Kier alpha value is -3.22. The molecule has 1 aliphatic carbocycles. The Bertz CT molecular complexity index is 1020. The number of nitrogens with zero attached hydrogens (tertiary/aromatic N) is 3. The van der Waals surface area contributed by atoms with Crippen LogP contribution in [0.15, 0.2) is 42.7 Å². The van der Waals surface area contributed by atoms with Gasteiger partial charge in [-0.15, -0.1) is 0 Å². The van der Waals surface area contributed by atoms with Crippen molar-refractivity contribution in [3.8, 4) is 5.75 Å². The van der Waals surface area contributed by atoms with E-state index in [0.29, 0.717) is 29.3 Å². The number of ether oxygens (including phenoxy) is 1. The van der Waals surface area contributed by atoms with Crippen LogP contribution in [0.25, 0.3) is 10.9 Å². The fraction of sp³-hybridized carbons (Fsp3) is 0.286. The second-order valence-electron chi connectivity index (χ2n) is 6.93. The Morgan fingerprint density at radius 3 is 2.64 bits per heavy atom. The molecule has 2 aromatic carbocycles. The lowest BCUT2D eigenvalue weighted by Crippen LogP contribution is -2.30. The van der Waals surface area contributed by atoms with Crippen LogP contribution in [0, 0.1) is 5.82 Å². The number of carbonyl (C=O) groups is 1. The number of nitrogens with one attached hydrogen (secondary N) is 1. The summed E-state index contributed by atoms with van der Waals surface area (Å²) >= 11 is 0. The second kappa shape index (κ2) is 7.42. The maximum Gasteiger partial charge on any atom is 0.219 e. The highest BCUT2D eigenvalue weighted by Crippen LogP contribution is 2.30. The first-order valence-electron chi connectivity index (χ1n) is 9.16. The van der Waals surface area contributed by atoms with E-state index in [2.05, 4.69) is 15.3 Å². The van der Waals surface area contributed by atoms with Crippen molar-refractivity contribution in [3.63, 3.8) is 0 Å². The predicted molar refractivity (Wildman–Crippen MR) is 105 cm³/mol. The number of carbonyl (C=O) groups excluding carboxylic acids is 1. The van der Waals surface area contributed by atoms with Gasteiger partial charge in [0.2, 0.25) is 5.91 Å². The number of rotatable bonds is 6. The average Bonchev–Trinajstić information content (AvgIpc) is 3.52. The largest absolute Gasteiger partial charge is 0.494 e. The van der Waals surface area contributed by atoms with Gasteiger partial charge in [-0.25, -0.2) is 14.4 Å². The molecule has 0 radical (unpaired) electrons. The zero-order chi connectivity index (χ0) is 19.7. The van der Waals surface area contributed by atoms with Gasteiger partial charge in [0.25, 0.3) is 0 Å². The topological polar surface area (TPSA) is 67.3 Å². The van der Waals surface area contributed by atoms with Gasteiger partial charge < -0.3 is 15.0 Å². The van der Waals surface area contributed by atoms with Crippen molar-refractivity contribution in [2.45, 2.75) is 32.4 Å². The summed E-state index contributed by atoms with van der Waals surface area (Å²) in [5.74, 6) is 0.359. The summed E-state index contributed by atoms with van der Waals surface area (Å²) in [6.07, 6.45) is 3.57. The number of methoxy groups -OCH3 is 1. The third-order valence-electron chi connectivity index (χ3n) is 4.87. The Labute approximate surface area is 162 Å². The molecule has 1 amide bonds. The molecule has 144 valence electrons. The van der Waals surface area contributed by atoms with Gasteiger partial charge in [-0.05, 0) is 36.6 Å². The average molecular weight is 380 g/mol. The quantitative estimate of drug-likeness (QED) is 0.699. The molecule has 1 saturated carbocycles. The van der Waals surface area contributed by atoms with Gasteiger partial charge in [0.1, 0.15) is 12.1 Å². The van der Waals surface area contributed by atoms with Crippen LogP contribution < -0.4 is 10.1 Å². The standard InChI is InChI=1S/C21H21FN4O2/c1-13(27)26(16-7-8-16)11-14-3-5-15(6-4-14)25-21-17-9-20(28-2)18(22)10-19(17)23-12-24-21/h3-6,9-10,12,16H,7-8,11H2,1-2H3,(H,23,24,25). The SMILES string of the molecule is COc1cc2c(Nc3ccc(CN(C(C)=O)C4CC4)cc3)ncnc2cc1F. The minimum atomic E-state index is -0.463. The van der Waals surface area contributed by atoms with Crippen LogP contribution >= 0.6 is 0 Å². The van der Waals surface area contributed by atoms with E-state index in [-0.39, 0.29) is 11.7 Å². The smallest absolute Gasteiger partial charge is 0.219 e. The van der Waals surface area contributed by atoms with Crippen molar-refractivity contribution in [3.05, 3.63) is 54.1 Å². The van der Waals surface area contributed by atoms with Gasteiger partial charge >= 0.3 is 0 Å². The lowest BCUT2D eigenvalue weighted by Gasteiger charge is -2.20. The zero-order valence-corrected chi connectivity index (χ0v) is 15.8. The minimum Gasteiger partial charge on any atom is -0.494 e. The van der Waals surface area contributed by atoms with Crippen molar-refractivity contribution in [2.24, 2.45) is 0 Å². The van der Waals surface area contributed by atoms with Gasteiger partial charge in [0, 0.05) is 36.7 Å². The van der Waals surface area contributed by atoms with Crippen LogP contribution in [-0.4, -0.2) is 33.9 Å². The number of aromatic nitrogens is 2. The fourth-order valence-electron chi connectivity index (χ4n) is 3.22. The highest BCUT2D eigenvalue weighted by molar-refractivity contribution is 5.91. The molecule has 1 aromatic heterocycles. The monoisotopic (exact) mass is 380 g/mol. The predicted octanol–water partition coefficient (Wildman–Crippen LogP) is 4.03. The fourth-order valence-corrected chi connectivity index (χ4v) is 3.22. The lowest BCUT2D eigenvalue weighted by molar-refractivity contribution is -0.130. The van der Waals surface area contributed by atoms with E-state index in [4.69, 9.17) is 4.74 Å². The Balaban J connectivity index is 1.55. The summed E-state index contributed by atoms with van der Waals surface area (Å²) in [6, 6.07) is 11.2. The van der Waals surface area contributed by atoms with E-state index in [1.165, 1.54) is 19.5 Å². The minimum absolute atomic E-state index is 0.110. The molecule has 0 spiro atoms. The first-order valence-corrected chi connectivity index (χ1v) is 9.16. The number of fused-ring (bicyclic) bond motifs is 1. The number of halogens is 1. The van der Waals surface area contributed by atoms with E-state index < -0.39 is 5.82 Å². The lowest BCUT2D eigenvalue weighted by atomic mass is 10.1. The number of anilines is 2. The van der Waals surface area contributed by atoms with E-state index in [9.17, 15) is 9.18 Å². The van der Waals surface area contributed by atoms with Gasteiger partial charge in [-0.2, -0.15) is 0 Å². The van der Waals surface area contributed by atoms with Crippen molar-refractivity contribution >= 4 is 28.3 Å². The van der Waals surface area contributed by atoms with Gasteiger partial charge in [-0.1, -0.05) is 12.1 Å². The van der Waals surface area contributed by atoms with Crippen molar-refractivity contribution in [1.82, 2.24) is 14.9 Å². The van der Waals surface area contributed by atoms with E-state index in [0.717, 1.165) is 24.1 Å². The van der Waals surface area contributed by atoms with Gasteiger partial charge in [0.15, 0.2) is 11.6 Å². The normalized spacial score (nSPS) is 13.4. The molecule has 0 unspecified atom stereocenters. The number of amides is 1. The summed E-state index contributed by atoms with van der Waals surface area (Å²) in [5, 5.41) is 3.91. The Kier molecular flexibility index (Phi) is 4.81. The molecule has 1 N–H and O–H groups in total. The summed E-state index contributed by atoms with van der Waals surface area (Å²) in [7, 11) is 1.42. The summed E-state index contributed by atoms with van der Waals surface area (Å²) in [6.45, 7) is 2.23. The van der Waals surface area contributed by atoms with E-state index in [1.807, 2.05) is 29.2 Å². The van der Waals surface area contributed by atoms with Crippen molar-refractivity contribution in [1.29, 1.82) is 0 Å². The van der Waals surface area contributed by atoms with Crippen LogP contribution in [0.3, 0.4) is 0 Å². The summed E-state index contributed by atoms with van der Waals surface area (Å²) < 4.78 is 19.0. The second-order valence-corrected chi connectivity index (χ2v) is 6.93. The van der Waals surface area contributed by atoms with Crippen LogP contribution in [0.4, 0.5) is 15.9 Å². The molecule has 1 heterocycles. The molecule has 1 aliphatic rings. The molecule has 4 rings (SSSR count). The first kappa shape index (κ1) is 18.2. The van der Waals surface area contributed by atoms with Crippen molar-refractivity contribution < 1.29 is 13.9 Å². The maximum absolute atomic E-state index is 13.9. The van der Waals surface area contributed by atoms with Crippen LogP contribution in [0.5, 0.6) is 5.75 Å². The van der Waals surface area contributed by atoms with Gasteiger partial charge in [-0.3, -0.25) is 4.79 Å². The summed E-state index contributed by atoms with van der Waals surface area (Å²) in [5.41, 5.74) is 2.41. The van der Waals surface area contributed by atoms with Crippen LogP contribution in [0.2, 0.25) is 0 Å². The van der Waals surface area contributed by atoms with Crippen LogP contribution in [0.1, 0.15) is 25.3 Å². The zero-order valence-electron chi connectivity index (χ0n) is 15.8. The van der Waals surface area contributed by atoms with E-state index in [1.54, 1.807) is 13.0 Å². The Morgan fingerprint density at radius 1 is 1.25 bits per heavy atom. The molecule has 6 nitrogen and oxygen atoms in total. The molecule has 0 atom stereocenters.